The van der Waals surface area contributed by atoms with Crippen molar-refractivity contribution >= 4 is 87.4 Å². The summed E-state index contributed by atoms with van der Waals surface area (Å²) in [6, 6.07) is 51.3. The van der Waals surface area contributed by atoms with Gasteiger partial charge in [0.25, 0.3) is 0 Å². The maximum absolute atomic E-state index is 2.64. The summed E-state index contributed by atoms with van der Waals surface area (Å²) in [4.78, 5) is 5.27. The number of thiophene rings is 2. The molecule has 43 heavy (non-hydrogen) atoms. The topological polar surface area (TPSA) is 6.48 Å². The van der Waals surface area contributed by atoms with E-state index in [-0.39, 0.29) is 6.98 Å². The standard InChI is InChI=1S/C38H23BN2S2/c1-2-11-24(12-3-1)26-21-22-32-30(23-26)35-28-16-6-8-19-33(28)42-37(35)39-40(31-18-10-14-25-13-4-5-15-27(25)31)36-29-17-7-9-20-34(29)43-38(36)41(32)39/h1-23H. The first-order valence-corrected chi connectivity index (χ1v) is 16.3. The Morgan fingerprint density at radius 2 is 1.19 bits per heavy atom. The lowest BCUT2D eigenvalue weighted by molar-refractivity contribution is 1.41. The second-order valence-corrected chi connectivity index (χ2v) is 13.4. The van der Waals surface area contributed by atoms with Gasteiger partial charge < -0.3 is 9.62 Å². The van der Waals surface area contributed by atoms with Gasteiger partial charge in [-0.05, 0) is 52.2 Å². The summed E-state index contributed by atoms with van der Waals surface area (Å²) in [7, 11) is 0. The van der Waals surface area contributed by atoms with Gasteiger partial charge in [0.05, 0.1) is 5.69 Å². The minimum absolute atomic E-state index is 0.0270. The fourth-order valence-electron chi connectivity index (χ4n) is 7.19. The van der Waals surface area contributed by atoms with Crippen molar-refractivity contribution in [3.8, 4) is 22.3 Å². The molecule has 0 N–H and O–H groups in total. The SMILES string of the molecule is c1ccc(-c2ccc3c(c2)-c2c(sc4ccccc24)B2N3c3sc4ccccc4c3N2c2cccc3ccccc23)cc1. The predicted molar refractivity (Wildman–Crippen MR) is 188 cm³/mol. The van der Waals surface area contributed by atoms with E-state index in [1.165, 1.54) is 80.0 Å². The first-order valence-electron chi connectivity index (χ1n) is 14.6. The molecule has 4 heterocycles. The lowest BCUT2D eigenvalue weighted by atomic mass is 9.64. The summed E-state index contributed by atoms with van der Waals surface area (Å²) in [5.74, 6) is 0. The zero-order chi connectivity index (χ0) is 28.1. The summed E-state index contributed by atoms with van der Waals surface area (Å²) in [6.45, 7) is 0.0270. The van der Waals surface area contributed by atoms with Crippen molar-refractivity contribution in [3.63, 3.8) is 0 Å². The summed E-state index contributed by atoms with van der Waals surface area (Å²) < 4.78 is 4.06. The monoisotopic (exact) mass is 582 g/mol. The van der Waals surface area contributed by atoms with Crippen LogP contribution in [0, 0.1) is 0 Å². The summed E-state index contributed by atoms with van der Waals surface area (Å²) in [5, 5.41) is 6.51. The van der Waals surface area contributed by atoms with Crippen LogP contribution in [0.5, 0.6) is 0 Å². The van der Waals surface area contributed by atoms with Crippen molar-refractivity contribution in [2.75, 3.05) is 9.62 Å². The number of hydrogen-bond donors (Lipinski definition) is 0. The van der Waals surface area contributed by atoms with Gasteiger partial charge in [-0.25, -0.2) is 0 Å². The van der Waals surface area contributed by atoms with E-state index in [1.54, 1.807) is 0 Å². The largest absolute Gasteiger partial charge is 0.432 e. The van der Waals surface area contributed by atoms with E-state index in [9.17, 15) is 0 Å². The third-order valence-electron chi connectivity index (χ3n) is 9.02. The van der Waals surface area contributed by atoms with Crippen LogP contribution < -0.4 is 14.4 Å². The second kappa shape index (κ2) is 8.84. The van der Waals surface area contributed by atoms with E-state index in [0.29, 0.717) is 0 Å². The Labute approximate surface area is 257 Å². The van der Waals surface area contributed by atoms with Crippen molar-refractivity contribution in [2.24, 2.45) is 0 Å². The van der Waals surface area contributed by atoms with E-state index in [4.69, 9.17) is 0 Å². The minimum atomic E-state index is 0.0270. The molecule has 8 aromatic rings. The van der Waals surface area contributed by atoms with Crippen molar-refractivity contribution in [1.29, 1.82) is 0 Å². The van der Waals surface area contributed by atoms with Crippen molar-refractivity contribution in [3.05, 3.63) is 140 Å². The average Bonchev–Trinajstić information content (AvgIpc) is 3.74. The molecule has 0 atom stereocenters. The molecule has 0 bridgehead atoms. The molecule has 200 valence electrons. The molecule has 10 rings (SSSR count). The lowest BCUT2D eigenvalue weighted by Gasteiger charge is -2.35. The van der Waals surface area contributed by atoms with Gasteiger partial charge in [-0.15, -0.1) is 22.7 Å². The highest BCUT2D eigenvalue weighted by Gasteiger charge is 2.51. The van der Waals surface area contributed by atoms with Crippen molar-refractivity contribution in [2.45, 2.75) is 0 Å². The fraction of sp³-hybridized carbons (Fsp3) is 0. The Bertz CT molecular complexity index is 2380. The molecule has 0 saturated heterocycles. The van der Waals surface area contributed by atoms with Gasteiger partial charge in [0.15, 0.2) is 0 Å². The number of nitrogens with zero attached hydrogens (tertiary/aromatic N) is 2. The minimum Gasteiger partial charge on any atom is -0.358 e. The van der Waals surface area contributed by atoms with Crippen LogP contribution in [-0.4, -0.2) is 6.98 Å². The van der Waals surface area contributed by atoms with Gasteiger partial charge in [-0.1, -0.05) is 109 Å². The molecular formula is C38H23BN2S2. The lowest BCUT2D eigenvalue weighted by Crippen LogP contribution is -2.54. The van der Waals surface area contributed by atoms with Crippen LogP contribution in [0.3, 0.4) is 0 Å². The number of fused-ring (bicyclic) bond motifs is 13. The molecule has 0 radical (unpaired) electrons. The van der Waals surface area contributed by atoms with Crippen molar-refractivity contribution < 1.29 is 0 Å². The first kappa shape index (κ1) is 23.7. The van der Waals surface area contributed by atoms with Crippen LogP contribution in [0.1, 0.15) is 0 Å². The van der Waals surface area contributed by atoms with Crippen molar-refractivity contribution in [1.82, 2.24) is 0 Å². The molecule has 0 unspecified atom stereocenters. The first-order chi connectivity index (χ1) is 21.3. The number of anilines is 4. The molecule has 0 fully saturated rings. The fourth-order valence-corrected chi connectivity index (χ4v) is 9.72. The molecule has 2 nitrogen and oxygen atoms in total. The Balaban J connectivity index is 1.33. The number of rotatable bonds is 2. The molecule has 0 saturated carbocycles. The van der Waals surface area contributed by atoms with E-state index >= 15 is 0 Å². The van der Waals surface area contributed by atoms with Crippen LogP contribution in [0.15, 0.2) is 140 Å². The van der Waals surface area contributed by atoms with Gasteiger partial charge in [-0.2, -0.15) is 0 Å². The quantitative estimate of drug-likeness (QED) is 0.187. The van der Waals surface area contributed by atoms with Crippen LogP contribution >= 0.6 is 22.7 Å². The molecule has 5 heteroatoms. The highest BCUT2D eigenvalue weighted by molar-refractivity contribution is 7.32. The zero-order valence-electron chi connectivity index (χ0n) is 23.1. The molecule has 2 aromatic heterocycles. The van der Waals surface area contributed by atoms with Crippen LogP contribution in [0.2, 0.25) is 0 Å². The Morgan fingerprint density at radius 3 is 2.05 bits per heavy atom. The maximum atomic E-state index is 2.64. The van der Waals surface area contributed by atoms with Gasteiger partial charge in [-0.3, -0.25) is 0 Å². The smallest absolute Gasteiger partial charge is 0.358 e. The van der Waals surface area contributed by atoms with Gasteiger partial charge in [0.2, 0.25) is 0 Å². The van der Waals surface area contributed by atoms with Crippen LogP contribution in [-0.2, 0) is 0 Å². The average molecular weight is 583 g/mol. The van der Waals surface area contributed by atoms with Gasteiger partial charge in [0, 0.05) is 47.5 Å². The Morgan fingerprint density at radius 1 is 0.488 bits per heavy atom. The van der Waals surface area contributed by atoms with Crippen LogP contribution in [0.4, 0.5) is 22.1 Å². The van der Waals surface area contributed by atoms with Crippen LogP contribution in [0.25, 0.3) is 53.2 Å². The molecule has 0 spiro atoms. The zero-order valence-corrected chi connectivity index (χ0v) is 24.7. The summed E-state index contributed by atoms with van der Waals surface area (Å²) >= 11 is 3.86. The molecule has 0 amide bonds. The Kier molecular flexibility index (Phi) is 4.87. The third-order valence-corrected chi connectivity index (χ3v) is 11.4. The number of benzene rings is 6. The molecule has 2 aliphatic heterocycles. The van der Waals surface area contributed by atoms with E-state index in [1.807, 2.05) is 22.7 Å². The Hall–Kier alpha value is -4.84. The highest BCUT2D eigenvalue weighted by atomic mass is 32.1. The van der Waals surface area contributed by atoms with E-state index < -0.39 is 0 Å². The molecule has 6 aromatic carbocycles. The molecular weight excluding hydrogens is 559 g/mol. The summed E-state index contributed by atoms with van der Waals surface area (Å²) in [5.41, 5.74) is 9.02. The maximum Gasteiger partial charge on any atom is 0.432 e. The van der Waals surface area contributed by atoms with Gasteiger partial charge in [0.1, 0.15) is 5.00 Å². The normalized spacial score (nSPS) is 13.4. The molecule has 0 aliphatic carbocycles. The second-order valence-electron chi connectivity index (χ2n) is 11.3. The van der Waals surface area contributed by atoms with E-state index in [2.05, 4.69) is 149 Å². The third kappa shape index (κ3) is 3.24. The number of hydrogen-bond acceptors (Lipinski definition) is 4. The molecule has 2 aliphatic rings. The summed E-state index contributed by atoms with van der Waals surface area (Å²) in [6.07, 6.45) is 0. The van der Waals surface area contributed by atoms with Gasteiger partial charge >= 0.3 is 6.98 Å². The highest BCUT2D eigenvalue weighted by Crippen LogP contribution is 2.59. The predicted octanol–water partition coefficient (Wildman–Crippen LogP) is 10.6. The van der Waals surface area contributed by atoms with E-state index in [0.717, 1.165) is 0 Å².